The van der Waals surface area contributed by atoms with Crippen molar-refractivity contribution in [1.29, 1.82) is 0 Å². The lowest BCUT2D eigenvalue weighted by atomic mass is 9.76. The Kier molecular flexibility index (Phi) is 4.26. The van der Waals surface area contributed by atoms with Crippen LogP contribution in [-0.4, -0.2) is 55.3 Å². The fourth-order valence-electron chi connectivity index (χ4n) is 3.51. The number of benzene rings is 1. The average molecular weight is 319 g/mol. The molecule has 0 radical (unpaired) electrons. The molecule has 6 heteroatoms. The molecular formula is C17H21NO5. The van der Waals surface area contributed by atoms with E-state index in [4.69, 9.17) is 9.47 Å². The summed E-state index contributed by atoms with van der Waals surface area (Å²) < 4.78 is 10.5. The van der Waals surface area contributed by atoms with Crippen LogP contribution in [0.3, 0.4) is 0 Å². The molecule has 1 amide bonds. The number of carboxylic acids is 1. The van der Waals surface area contributed by atoms with Gasteiger partial charge in [-0.2, -0.15) is 0 Å². The van der Waals surface area contributed by atoms with Crippen molar-refractivity contribution in [2.45, 2.75) is 12.8 Å². The number of amides is 1. The average Bonchev–Trinajstić information content (AvgIpc) is 2.97. The van der Waals surface area contributed by atoms with Gasteiger partial charge in [-0.15, -0.1) is 0 Å². The summed E-state index contributed by atoms with van der Waals surface area (Å²) in [6.07, 6.45) is 0.964. The first-order valence-corrected chi connectivity index (χ1v) is 7.77. The summed E-state index contributed by atoms with van der Waals surface area (Å²) >= 11 is 0. The zero-order valence-electron chi connectivity index (χ0n) is 13.2. The molecule has 2 aliphatic heterocycles. The first-order chi connectivity index (χ1) is 11.0. The van der Waals surface area contributed by atoms with Crippen LogP contribution < -0.4 is 4.74 Å². The molecule has 23 heavy (non-hydrogen) atoms. The van der Waals surface area contributed by atoms with E-state index in [2.05, 4.69) is 0 Å². The van der Waals surface area contributed by atoms with Gasteiger partial charge in [0.2, 0.25) is 5.91 Å². The molecule has 2 aliphatic rings. The standard InChI is InChI=1S/C17H21NO5/c1-22-14-4-2-12(3-5-14)8-15(19)18-9-13-6-7-23-11-17(13,10-18)16(20)21/h2-5,13H,6-11H2,1H3,(H,20,21)/t13-,17+/m0/s1. The van der Waals surface area contributed by atoms with Crippen molar-refractivity contribution in [2.75, 3.05) is 33.4 Å². The molecule has 3 rings (SSSR count). The second kappa shape index (κ2) is 6.20. The Morgan fingerprint density at radius 3 is 2.74 bits per heavy atom. The number of fused-ring (bicyclic) bond motifs is 1. The van der Waals surface area contributed by atoms with Crippen molar-refractivity contribution in [3.05, 3.63) is 29.8 Å². The number of rotatable bonds is 4. The zero-order valence-corrected chi connectivity index (χ0v) is 13.2. The van der Waals surface area contributed by atoms with Crippen molar-refractivity contribution < 1.29 is 24.2 Å². The van der Waals surface area contributed by atoms with E-state index in [1.165, 1.54) is 0 Å². The number of nitrogens with zero attached hydrogens (tertiary/aromatic N) is 1. The number of hydrogen-bond donors (Lipinski definition) is 1. The molecule has 2 atom stereocenters. The normalized spacial score (nSPS) is 26.7. The maximum atomic E-state index is 12.5. The molecule has 0 spiro atoms. The fraction of sp³-hybridized carbons (Fsp3) is 0.529. The Hall–Kier alpha value is -2.08. The summed E-state index contributed by atoms with van der Waals surface area (Å²) in [6, 6.07) is 7.35. The number of methoxy groups -OCH3 is 1. The van der Waals surface area contributed by atoms with Crippen LogP contribution in [0.5, 0.6) is 5.75 Å². The third-order valence-electron chi connectivity index (χ3n) is 4.96. The number of carbonyl (C=O) groups is 2. The van der Waals surface area contributed by atoms with Crippen molar-refractivity contribution in [3.8, 4) is 5.75 Å². The summed E-state index contributed by atoms with van der Waals surface area (Å²) in [7, 11) is 1.60. The molecule has 2 fully saturated rings. The number of likely N-dealkylation sites (tertiary alicyclic amines) is 1. The van der Waals surface area contributed by atoms with Crippen LogP contribution >= 0.6 is 0 Å². The molecule has 0 aromatic heterocycles. The summed E-state index contributed by atoms with van der Waals surface area (Å²) in [4.78, 5) is 25.9. The number of carboxylic acid groups (broad SMARTS) is 1. The highest BCUT2D eigenvalue weighted by Crippen LogP contribution is 2.41. The van der Waals surface area contributed by atoms with E-state index in [0.29, 0.717) is 19.6 Å². The van der Waals surface area contributed by atoms with Gasteiger partial charge in [0.25, 0.3) is 0 Å². The van der Waals surface area contributed by atoms with Gasteiger partial charge in [-0.05, 0) is 30.0 Å². The molecule has 1 aromatic carbocycles. The van der Waals surface area contributed by atoms with Crippen LogP contribution in [0.2, 0.25) is 0 Å². The molecule has 2 heterocycles. The van der Waals surface area contributed by atoms with Gasteiger partial charge in [0.15, 0.2) is 0 Å². The highest BCUT2D eigenvalue weighted by molar-refractivity contribution is 5.82. The maximum absolute atomic E-state index is 12.5. The summed E-state index contributed by atoms with van der Waals surface area (Å²) in [5.74, 6) is -0.170. The van der Waals surface area contributed by atoms with Crippen LogP contribution in [0.25, 0.3) is 0 Å². The number of aliphatic carboxylic acids is 1. The lowest BCUT2D eigenvalue weighted by Gasteiger charge is -2.33. The van der Waals surface area contributed by atoms with E-state index in [-0.39, 0.29) is 31.4 Å². The molecule has 2 saturated heterocycles. The Balaban J connectivity index is 1.69. The van der Waals surface area contributed by atoms with Gasteiger partial charge >= 0.3 is 5.97 Å². The van der Waals surface area contributed by atoms with E-state index < -0.39 is 11.4 Å². The molecule has 0 aliphatic carbocycles. The largest absolute Gasteiger partial charge is 0.497 e. The Labute approximate surface area is 135 Å². The van der Waals surface area contributed by atoms with Crippen molar-refractivity contribution in [2.24, 2.45) is 11.3 Å². The Morgan fingerprint density at radius 2 is 2.13 bits per heavy atom. The van der Waals surface area contributed by atoms with Crippen molar-refractivity contribution in [3.63, 3.8) is 0 Å². The lowest BCUT2D eigenvalue weighted by Crippen LogP contribution is -2.46. The third kappa shape index (κ3) is 2.91. The molecule has 1 aromatic rings. The monoisotopic (exact) mass is 319 g/mol. The molecule has 0 unspecified atom stereocenters. The second-order valence-electron chi connectivity index (χ2n) is 6.30. The smallest absolute Gasteiger partial charge is 0.314 e. The van der Waals surface area contributed by atoms with Gasteiger partial charge in [-0.25, -0.2) is 0 Å². The lowest BCUT2D eigenvalue weighted by molar-refractivity contribution is -0.159. The van der Waals surface area contributed by atoms with E-state index in [0.717, 1.165) is 11.3 Å². The number of ether oxygens (including phenoxy) is 2. The topological polar surface area (TPSA) is 76.1 Å². The molecule has 1 N–H and O–H groups in total. The maximum Gasteiger partial charge on any atom is 0.314 e. The van der Waals surface area contributed by atoms with Crippen LogP contribution in [-0.2, 0) is 20.7 Å². The van der Waals surface area contributed by atoms with Crippen LogP contribution in [0.15, 0.2) is 24.3 Å². The van der Waals surface area contributed by atoms with Crippen molar-refractivity contribution in [1.82, 2.24) is 4.90 Å². The van der Waals surface area contributed by atoms with Gasteiger partial charge < -0.3 is 19.5 Å². The minimum absolute atomic E-state index is 0.0198. The van der Waals surface area contributed by atoms with Gasteiger partial charge in [0.05, 0.1) is 20.1 Å². The van der Waals surface area contributed by atoms with Gasteiger partial charge in [0.1, 0.15) is 11.2 Å². The van der Waals surface area contributed by atoms with Crippen LogP contribution in [0, 0.1) is 11.3 Å². The van der Waals surface area contributed by atoms with Gasteiger partial charge in [0, 0.05) is 19.7 Å². The molecule has 124 valence electrons. The highest BCUT2D eigenvalue weighted by Gasteiger charge is 2.55. The predicted molar refractivity (Wildman–Crippen MR) is 82.3 cm³/mol. The molecule has 6 nitrogen and oxygen atoms in total. The van der Waals surface area contributed by atoms with E-state index in [9.17, 15) is 14.7 Å². The molecular weight excluding hydrogens is 298 g/mol. The minimum atomic E-state index is -0.937. The third-order valence-corrected chi connectivity index (χ3v) is 4.96. The van der Waals surface area contributed by atoms with Crippen LogP contribution in [0.1, 0.15) is 12.0 Å². The summed E-state index contributed by atoms with van der Waals surface area (Å²) in [6.45, 7) is 1.51. The van der Waals surface area contributed by atoms with Gasteiger partial charge in [-0.1, -0.05) is 12.1 Å². The number of carbonyl (C=O) groups excluding carboxylic acids is 1. The summed E-state index contributed by atoms with van der Waals surface area (Å²) in [5.41, 5.74) is -0.0420. The number of hydrogen-bond acceptors (Lipinski definition) is 4. The fourth-order valence-corrected chi connectivity index (χ4v) is 3.51. The SMILES string of the molecule is COc1ccc(CC(=O)N2C[C@@H]3CCOC[C@]3(C(=O)O)C2)cc1. The zero-order chi connectivity index (χ0) is 16.4. The Bertz CT molecular complexity index is 600. The first-order valence-electron chi connectivity index (χ1n) is 7.77. The molecule has 0 bridgehead atoms. The molecule has 0 saturated carbocycles. The van der Waals surface area contributed by atoms with E-state index in [1.54, 1.807) is 12.0 Å². The van der Waals surface area contributed by atoms with Gasteiger partial charge in [-0.3, -0.25) is 9.59 Å². The predicted octanol–water partition coefficient (Wildman–Crippen LogP) is 1.19. The first kappa shape index (κ1) is 15.8. The summed E-state index contributed by atoms with van der Waals surface area (Å²) in [5, 5.41) is 9.61. The van der Waals surface area contributed by atoms with E-state index >= 15 is 0 Å². The highest BCUT2D eigenvalue weighted by atomic mass is 16.5. The quantitative estimate of drug-likeness (QED) is 0.902. The Morgan fingerprint density at radius 1 is 1.39 bits per heavy atom. The van der Waals surface area contributed by atoms with Crippen molar-refractivity contribution >= 4 is 11.9 Å². The second-order valence-corrected chi connectivity index (χ2v) is 6.30. The minimum Gasteiger partial charge on any atom is -0.497 e. The van der Waals surface area contributed by atoms with E-state index in [1.807, 2.05) is 24.3 Å². The van der Waals surface area contributed by atoms with Crippen LogP contribution in [0.4, 0.5) is 0 Å².